The van der Waals surface area contributed by atoms with Crippen molar-refractivity contribution in [1.29, 1.82) is 0 Å². The van der Waals surface area contributed by atoms with E-state index in [0.29, 0.717) is 5.92 Å². The Morgan fingerprint density at radius 1 is 1.38 bits per heavy atom. The van der Waals surface area contributed by atoms with Crippen molar-refractivity contribution in [3.8, 4) is 5.75 Å². The molecule has 1 fully saturated rings. The molecule has 3 N–H and O–H groups in total. The average molecular weight is 220 g/mol. The molecule has 2 rings (SSSR count). The minimum atomic E-state index is 0.232. The molecular formula is C13H20N2O. The largest absolute Gasteiger partial charge is 0.496 e. The molecule has 1 aliphatic carbocycles. The van der Waals surface area contributed by atoms with E-state index in [2.05, 4.69) is 31.4 Å². The van der Waals surface area contributed by atoms with Crippen LogP contribution >= 0.6 is 0 Å². The quantitative estimate of drug-likeness (QED) is 0.604. The monoisotopic (exact) mass is 220 g/mol. The standard InChI is InChI=1S/C13H20N2O/c1-8-6-9(2)12(11(7-8)16-3)13(15-14)10-4-5-10/h6-7,10,13,15H,4-5,14H2,1-3H3. The van der Waals surface area contributed by atoms with Crippen LogP contribution in [0.5, 0.6) is 5.75 Å². The van der Waals surface area contributed by atoms with Crippen molar-refractivity contribution >= 4 is 0 Å². The van der Waals surface area contributed by atoms with Crippen LogP contribution in [-0.4, -0.2) is 7.11 Å². The molecule has 0 aromatic heterocycles. The molecule has 0 bridgehead atoms. The molecule has 1 unspecified atom stereocenters. The van der Waals surface area contributed by atoms with Crippen LogP contribution < -0.4 is 16.0 Å². The van der Waals surface area contributed by atoms with Gasteiger partial charge in [-0.25, -0.2) is 0 Å². The Hall–Kier alpha value is -1.06. The third kappa shape index (κ3) is 2.06. The molecule has 3 nitrogen and oxygen atoms in total. The van der Waals surface area contributed by atoms with Gasteiger partial charge in [-0.2, -0.15) is 0 Å². The lowest BCUT2D eigenvalue weighted by atomic mass is 9.95. The van der Waals surface area contributed by atoms with Gasteiger partial charge in [0, 0.05) is 5.56 Å². The van der Waals surface area contributed by atoms with E-state index < -0.39 is 0 Å². The van der Waals surface area contributed by atoms with E-state index in [0.717, 1.165) is 5.75 Å². The molecule has 1 aromatic carbocycles. The van der Waals surface area contributed by atoms with E-state index in [4.69, 9.17) is 10.6 Å². The number of rotatable bonds is 4. The Morgan fingerprint density at radius 3 is 2.56 bits per heavy atom. The van der Waals surface area contributed by atoms with Crippen molar-refractivity contribution in [3.63, 3.8) is 0 Å². The maximum absolute atomic E-state index is 5.67. The summed E-state index contributed by atoms with van der Waals surface area (Å²) < 4.78 is 5.47. The molecule has 1 saturated carbocycles. The van der Waals surface area contributed by atoms with E-state index in [-0.39, 0.29) is 6.04 Å². The average Bonchev–Trinajstić information content (AvgIpc) is 3.05. The summed E-state index contributed by atoms with van der Waals surface area (Å²) in [4.78, 5) is 0. The predicted molar refractivity (Wildman–Crippen MR) is 65.3 cm³/mol. The van der Waals surface area contributed by atoms with Crippen molar-refractivity contribution in [2.75, 3.05) is 7.11 Å². The van der Waals surface area contributed by atoms with Crippen molar-refractivity contribution in [1.82, 2.24) is 5.43 Å². The molecule has 1 atom stereocenters. The third-order valence-corrected chi connectivity index (χ3v) is 3.30. The normalized spacial score (nSPS) is 17.2. The number of hydrogen-bond donors (Lipinski definition) is 2. The molecular weight excluding hydrogens is 200 g/mol. The Labute approximate surface area is 97.0 Å². The zero-order chi connectivity index (χ0) is 11.7. The van der Waals surface area contributed by atoms with Gasteiger partial charge >= 0.3 is 0 Å². The molecule has 1 aromatic rings. The number of hydrogen-bond acceptors (Lipinski definition) is 3. The third-order valence-electron chi connectivity index (χ3n) is 3.30. The van der Waals surface area contributed by atoms with Gasteiger partial charge in [0.1, 0.15) is 5.75 Å². The van der Waals surface area contributed by atoms with Crippen LogP contribution in [0.1, 0.15) is 35.6 Å². The fraction of sp³-hybridized carbons (Fsp3) is 0.538. The highest BCUT2D eigenvalue weighted by molar-refractivity contribution is 5.45. The minimum Gasteiger partial charge on any atom is -0.496 e. The summed E-state index contributed by atoms with van der Waals surface area (Å²) in [6.07, 6.45) is 2.51. The number of nitrogens with two attached hydrogens (primary N) is 1. The Morgan fingerprint density at radius 2 is 2.06 bits per heavy atom. The van der Waals surface area contributed by atoms with Crippen molar-refractivity contribution < 1.29 is 4.74 Å². The van der Waals surface area contributed by atoms with Crippen LogP contribution in [0.4, 0.5) is 0 Å². The first-order valence-corrected chi connectivity index (χ1v) is 5.78. The smallest absolute Gasteiger partial charge is 0.124 e. The summed E-state index contributed by atoms with van der Waals surface area (Å²) in [6.45, 7) is 4.21. The van der Waals surface area contributed by atoms with E-state index in [1.807, 2.05) is 0 Å². The van der Waals surface area contributed by atoms with Gasteiger partial charge in [-0.15, -0.1) is 0 Å². The van der Waals surface area contributed by atoms with Gasteiger partial charge in [0.05, 0.1) is 13.2 Å². The Kier molecular flexibility index (Phi) is 3.17. The molecule has 88 valence electrons. The number of benzene rings is 1. The van der Waals surface area contributed by atoms with Gasteiger partial charge in [0.2, 0.25) is 0 Å². The topological polar surface area (TPSA) is 47.3 Å². The van der Waals surface area contributed by atoms with Gasteiger partial charge in [-0.05, 0) is 49.8 Å². The molecule has 0 spiro atoms. The minimum absolute atomic E-state index is 0.232. The molecule has 3 heteroatoms. The van der Waals surface area contributed by atoms with Crippen LogP contribution in [0.15, 0.2) is 12.1 Å². The number of aryl methyl sites for hydroxylation is 2. The zero-order valence-electron chi connectivity index (χ0n) is 10.2. The van der Waals surface area contributed by atoms with Gasteiger partial charge in [-0.1, -0.05) is 6.07 Å². The van der Waals surface area contributed by atoms with Crippen molar-refractivity contribution in [3.05, 3.63) is 28.8 Å². The molecule has 0 aliphatic heterocycles. The van der Waals surface area contributed by atoms with Gasteiger partial charge < -0.3 is 4.74 Å². The molecule has 0 saturated heterocycles. The highest BCUT2D eigenvalue weighted by atomic mass is 16.5. The summed E-state index contributed by atoms with van der Waals surface area (Å²) in [6, 6.07) is 4.50. The summed E-state index contributed by atoms with van der Waals surface area (Å²) in [7, 11) is 1.72. The molecule has 0 amide bonds. The van der Waals surface area contributed by atoms with Crippen LogP contribution in [-0.2, 0) is 0 Å². The van der Waals surface area contributed by atoms with E-state index >= 15 is 0 Å². The SMILES string of the molecule is COc1cc(C)cc(C)c1C(NN)C1CC1. The maximum atomic E-state index is 5.67. The second-order valence-corrected chi connectivity index (χ2v) is 4.68. The van der Waals surface area contributed by atoms with Crippen molar-refractivity contribution in [2.45, 2.75) is 32.7 Å². The van der Waals surface area contributed by atoms with E-state index in [1.54, 1.807) is 7.11 Å². The molecule has 16 heavy (non-hydrogen) atoms. The van der Waals surface area contributed by atoms with Crippen LogP contribution in [0.25, 0.3) is 0 Å². The fourth-order valence-corrected chi connectivity index (χ4v) is 2.39. The number of hydrazine groups is 1. The lowest BCUT2D eigenvalue weighted by molar-refractivity contribution is 0.391. The highest BCUT2D eigenvalue weighted by Gasteiger charge is 2.34. The predicted octanol–water partition coefficient (Wildman–Crippen LogP) is 2.23. The first-order chi connectivity index (χ1) is 7.67. The van der Waals surface area contributed by atoms with Crippen molar-refractivity contribution in [2.24, 2.45) is 11.8 Å². The Balaban J connectivity index is 2.43. The van der Waals surface area contributed by atoms with Crippen LogP contribution in [0.2, 0.25) is 0 Å². The summed E-state index contributed by atoms with van der Waals surface area (Å²) in [5, 5.41) is 0. The number of ether oxygens (including phenoxy) is 1. The molecule has 0 radical (unpaired) electrons. The van der Waals surface area contributed by atoms with Gasteiger partial charge in [-0.3, -0.25) is 11.3 Å². The van der Waals surface area contributed by atoms with Crippen LogP contribution in [0.3, 0.4) is 0 Å². The first-order valence-electron chi connectivity index (χ1n) is 5.78. The lowest BCUT2D eigenvalue weighted by Gasteiger charge is -2.21. The molecule has 1 aliphatic rings. The Bertz CT molecular complexity index is 386. The van der Waals surface area contributed by atoms with E-state index in [9.17, 15) is 0 Å². The summed E-state index contributed by atoms with van der Waals surface area (Å²) in [5.41, 5.74) is 6.64. The number of methoxy groups -OCH3 is 1. The van der Waals surface area contributed by atoms with E-state index in [1.165, 1.54) is 29.5 Å². The first kappa shape index (κ1) is 11.4. The second kappa shape index (κ2) is 4.44. The maximum Gasteiger partial charge on any atom is 0.124 e. The van der Waals surface area contributed by atoms with Gasteiger partial charge in [0.25, 0.3) is 0 Å². The zero-order valence-corrected chi connectivity index (χ0v) is 10.2. The highest BCUT2D eigenvalue weighted by Crippen LogP contribution is 2.44. The molecule has 0 heterocycles. The van der Waals surface area contributed by atoms with Gasteiger partial charge in [0.15, 0.2) is 0 Å². The fourth-order valence-electron chi connectivity index (χ4n) is 2.39. The summed E-state index contributed by atoms with van der Waals surface area (Å²) in [5.74, 6) is 7.29. The second-order valence-electron chi connectivity index (χ2n) is 4.68. The number of nitrogens with one attached hydrogen (secondary N) is 1. The summed E-state index contributed by atoms with van der Waals surface area (Å²) >= 11 is 0. The van der Waals surface area contributed by atoms with Crippen LogP contribution in [0, 0.1) is 19.8 Å². The lowest BCUT2D eigenvalue weighted by Crippen LogP contribution is -2.30.